The van der Waals surface area contributed by atoms with Crippen molar-refractivity contribution in [3.05, 3.63) is 53.6 Å². The summed E-state index contributed by atoms with van der Waals surface area (Å²) >= 11 is 0. The Morgan fingerprint density at radius 1 is 1.19 bits per heavy atom. The Kier molecular flexibility index (Phi) is 3.10. The van der Waals surface area contributed by atoms with Crippen molar-refractivity contribution in [1.29, 1.82) is 0 Å². The van der Waals surface area contributed by atoms with Gasteiger partial charge in [0.1, 0.15) is 0 Å². The summed E-state index contributed by atoms with van der Waals surface area (Å²) in [5.74, 6) is -1.25. The average Bonchev–Trinajstić information content (AvgIpc) is 2.60. The first-order chi connectivity index (χ1) is 10.1. The van der Waals surface area contributed by atoms with Crippen molar-refractivity contribution in [2.75, 3.05) is 16.8 Å². The van der Waals surface area contributed by atoms with Gasteiger partial charge in [-0.25, -0.2) is 4.79 Å². The van der Waals surface area contributed by atoms with Crippen molar-refractivity contribution >= 4 is 28.9 Å². The number of rotatable bonds is 2. The van der Waals surface area contributed by atoms with E-state index in [9.17, 15) is 9.59 Å². The second kappa shape index (κ2) is 4.94. The smallest absolute Gasteiger partial charge is 0.335 e. The number of carboxylic acid groups (broad SMARTS) is 1. The molecule has 0 spiro atoms. The minimum absolute atomic E-state index is 0.149. The molecule has 0 bridgehead atoms. The first-order valence-corrected chi connectivity index (χ1v) is 6.67. The van der Waals surface area contributed by atoms with Crippen molar-refractivity contribution in [2.45, 2.75) is 6.92 Å². The molecule has 106 valence electrons. The molecule has 2 aromatic carbocycles. The SMILES string of the molecule is CCN1c2ccc(C(=O)O)cc2NC(=O)c2ccccc21. The van der Waals surface area contributed by atoms with E-state index >= 15 is 0 Å². The highest BCUT2D eigenvalue weighted by atomic mass is 16.4. The van der Waals surface area contributed by atoms with E-state index < -0.39 is 5.97 Å². The highest BCUT2D eigenvalue weighted by Crippen LogP contribution is 2.37. The van der Waals surface area contributed by atoms with Gasteiger partial charge in [0.2, 0.25) is 0 Å². The Morgan fingerprint density at radius 2 is 1.95 bits per heavy atom. The standard InChI is InChI=1S/C16H14N2O3/c1-2-18-13-6-4-3-5-11(13)15(19)17-12-9-10(16(20)21)7-8-14(12)18/h3-9H,2H2,1H3,(H,17,19)(H,20,21). The van der Waals surface area contributed by atoms with Gasteiger partial charge in [0.05, 0.1) is 28.2 Å². The number of nitrogens with zero attached hydrogens (tertiary/aromatic N) is 1. The second-order valence-corrected chi connectivity index (χ2v) is 4.75. The summed E-state index contributed by atoms with van der Waals surface area (Å²) in [6, 6.07) is 12.1. The lowest BCUT2D eigenvalue weighted by molar-refractivity contribution is 0.0696. The van der Waals surface area contributed by atoms with Crippen LogP contribution in [-0.2, 0) is 0 Å². The number of hydrogen-bond donors (Lipinski definition) is 2. The van der Waals surface area contributed by atoms with Crippen molar-refractivity contribution < 1.29 is 14.7 Å². The summed E-state index contributed by atoms with van der Waals surface area (Å²) < 4.78 is 0. The quantitative estimate of drug-likeness (QED) is 0.888. The van der Waals surface area contributed by atoms with Crippen LogP contribution in [0.4, 0.5) is 17.1 Å². The molecule has 5 heteroatoms. The van der Waals surface area contributed by atoms with Crippen molar-refractivity contribution in [1.82, 2.24) is 0 Å². The van der Waals surface area contributed by atoms with E-state index in [0.29, 0.717) is 17.8 Å². The first-order valence-electron chi connectivity index (χ1n) is 6.67. The maximum absolute atomic E-state index is 12.3. The second-order valence-electron chi connectivity index (χ2n) is 4.75. The number of amides is 1. The molecule has 0 saturated heterocycles. The van der Waals surface area contributed by atoms with E-state index in [1.807, 2.05) is 30.0 Å². The van der Waals surface area contributed by atoms with E-state index in [2.05, 4.69) is 5.32 Å². The molecular formula is C16H14N2O3. The number of carboxylic acids is 1. The van der Waals surface area contributed by atoms with Gasteiger partial charge in [-0.3, -0.25) is 4.79 Å². The molecule has 3 rings (SSSR count). The molecule has 0 radical (unpaired) electrons. The number of anilines is 3. The molecule has 2 N–H and O–H groups in total. The lowest BCUT2D eigenvalue weighted by Crippen LogP contribution is -2.17. The number of para-hydroxylation sites is 1. The Morgan fingerprint density at radius 3 is 2.67 bits per heavy atom. The monoisotopic (exact) mass is 282 g/mol. The molecule has 5 nitrogen and oxygen atoms in total. The molecular weight excluding hydrogens is 268 g/mol. The van der Waals surface area contributed by atoms with E-state index in [1.54, 1.807) is 18.2 Å². The number of benzene rings is 2. The van der Waals surface area contributed by atoms with Gasteiger partial charge in [-0.05, 0) is 37.3 Å². The van der Waals surface area contributed by atoms with Gasteiger partial charge in [-0.15, -0.1) is 0 Å². The van der Waals surface area contributed by atoms with Crippen molar-refractivity contribution in [3.8, 4) is 0 Å². The number of hydrogen-bond acceptors (Lipinski definition) is 3. The molecule has 1 aliphatic rings. The minimum atomic E-state index is -1.02. The van der Waals surface area contributed by atoms with Crippen LogP contribution < -0.4 is 10.2 Å². The molecule has 1 aliphatic heterocycles. The van der Waals surface area contributed by atoms with Crippen LogP contribution in [0.2, 0.25) is 0 Å². The summed E-state index contributed by atoms with van der Waals surface area (Å²) in [5, 5.41) is 11.9. The Hall–Kier alpha value is -2.82. The highest BCUT2D eigenvalue weighted by Gasteiger charge is 2.24. The minimum Gasteiger partial charge on any atom is -0.478 e. The van der Waals surface area contributed by atoms with Crippen LogP contribution in [0.25, 0.3) is 0 Å². The van der Waals surface area contributed by atoms with Gasteiger partial charge in [-0.1, -0.05) is 12.1 Å². The largest absolute Gasteiger partial charge is 0.478 e. The predicted octanol–water partition coefficient (Wildman–Crippen LogP) is 3.11. The highest BCUT2D eigenvalue weighted by molar-refractivity contribution is 6.13. The molecule has 0 aliphatic carbocycles. The predicted molar refractivity (Wildman–Crippen MR) is 80.5 cm³/mol. The lowest BCUT2D eigenvalue weighted by Gasteiger charge is -2.24. The summed E-state index contributed by atoms with van der Waals surface area (Å²) in [6.07, 6.45) is 0. The Balaban J connectivity index is 2.22. The van der Waals surface area contributed by atoms with Crippen LogP contribution in [0.15, 0.2) is 42.5 Å². The van der Waals surface area contributed by atoms with Gasteiger partial charge in [0.25, 0.3) is 5.91 Å². The van der Waals surface area contributed by atoms with E-state index in [-0.39, 0.29) is 11.5 Å². The number of nitrogens with one attached hydrogen (secondary N) is 1. The number of carbonyl (C=O) groups excluding carboxylic acids is 1. The zero-order valence-corrected chi connectivity index (χ0v) is 11.5. The zero-order chi connectivity index (χ0) is 15.0. The van der Waals surface area contributed by atoms with E-state index in [4.69, 9.17) is 5.11 Å². The Bertz CT molecular complexity index is 740. The summed E-state index contributed by atoms with van der Waals surface area (Å²) in [4.78, 5) is 25.4. The Labute approximate surface area is 121 Å². The maximum Gasteiger partial charge on any atom is 0.335 e. The maximum atomic E-state index is 12.3. The first kappa shape index (κ1) is 13.2. The van der Waals surface area contributed by atoms with Gasteiger partial charge in [0, 0.05) is 6.54 Å². The topological polar surface area (TPSA) is 69.6 Å². The van der Waals surface area contributed by atoms with Gasteiger partial charge < -0.3 is 15.3 Å². The molecule has 0 aromatic heterocycles. The molecule has 2 aromatic rings. The van der Waals surface area contributed by atoms with Crippen LogP contribution in [0, 0.1) is 0 Å². The van der Waals surface area contributed by atoms with Crippen LogP contribution in [0.5, 0.6) is 0 Å². The van der Waals surface area contributed by atoms with Crippen LogP contribution in [-0.4, -0.2) is 23.5 Å². The average molecular weight is 282 g/mol. The fourth-order valence-corrected chi connectivity index (χ4v) is 2.57. The molecule has 1 amide bonds. The summed E-state index contributed by atoms with van der Waals surface area (Å²) in [6.45, 7) is 2.66. The van der Waals surface area contributed by atoms with Gasteiger partial charge >= 0.3 is 5.97 Å². The molecule has 0 saturated carbocycles. The van der Waals surface area contributed by atoms with Crippen LogP contribution >= 0.6 is 0 Å². The van der Waals surface area contributed by atoms with Crippen molar-refractivity contribution in [3.63, 3.8) is 0 Å². The van der Waals surface area contributed by atoms with Gasteiger partial charge in [0.15, 0.2) is 0 Å². The third-order valence-electron chi connectivity index (χ3n) is 3.54. The van der Waals surface area contributed by atoms with Crippen LogP contribution in [0.3, 0.4) is 0 Å². The fourth-order valence-electron chi connectivity index (χ4n) is 2.57. The molecule has 1 heterocycles. The molecule has 21 heavy (non-hydrogen) atoms. The lowest BCUT2D eigenvalue weighted by atomic mass is 10.1. The van der Waals surface area contributed by atoms with E-state index in [1.165, 1.54) is 6.07 Å². The zero-order valence-electron chi connectivity index (χ0n) is 11.5. The van der Waals surface area contributed by atoms with Gasteiger partial charge in [-0.2, -0.15) is 0 Å². The van der Waals surface area contributed by atoms with Crippen molar-refractivity contribution in [2.24, 2.45) is 0 Å². The normalized spacial score (nSPS) is 13.0. The number of aromatic carboxylic acids is 1. The third-order valence-corrected chi connectivity index (χ3v) is 3.54. The van der Waals surface area contributed by atoms with Crippen LogP contribution in [0.1, 0.15) is 27.6 Å². The van der Waals surface area contributed by atoms with E-state index in [0.717, 1.165) is 11.4 Å². The fraction of sp³-hybridized carbons (Fsp3) is 0.125. The summed E-state index contributed by atoms with van der Waals surface area (Å²) in [5.41, 5.74) is 2.85. The number of carbonyl (C=O) groups is 2. The number of fused-ring (bicyclic) bond motifs is 2. The molecule has 0 fully saturated rings. The molecule has 0 unspecified atom stereocenters. The summed E-state index contributed by atoms with van der Waals surface area (Å²) in [7, 11) is 0. The third kappa shape index (κ3) is 2.12. The molecule has 0 atom stereocenters.